The van der Waals surface area contributed by atoms with Crippen LogP contribution in [0.2, 0.25) is 0 Å². The van der Waals surface area contributed by atoms with Crippen molar-refractivity contribution < 1.29 is 4.79 Å². The van der Waals surface area contributed by atoms with Gasteiger partial charge < -0.3 is 5.32 Å². The van der Waals surface area contributed by atoms with Gasteiger partial charge in [0, 0.05) is 26.1 Å². The molecule has 1 aliphatic rings. The van der Waals surface area contributed by atoms with Gasteiger partial charge in [0.2, 0.25) is 5.91 Å². The lowest BCUT2D eigenvalue weighted by Crippen LogP contribution is -2.59. The Balaban J connectivity index is 2.08. The summed E-state index contributed by atoms with van der Waals surface area (Å²) in [6, 6.07) is 0.409. The topological polar surface area (TPSA) is 32.3 Å². The summed E-state index contributed by atoms with van der Waals surface area (Å²) < 4.78 is 0. The SMILES string of the molecule is CCC(=O)NC1CN(CC(C)C)C1. The number of carbonyl (C=O) groups is 1. The standard InChI is InChI=1S/C10H20N2O/c1-4-10(13)11-9-6-12(7-9)5-8(2)3/h8-9H,4-7H2,1-3H3,(H,11,13). The molecule has 3 nitrogen and oxygen atoms in total. The average molecular weight is 184 g/mol. The summed E-state index contributed by atoms with van der Waals surface area (Å²) in [6.45, 7) is 9.54. The van der Waals surface area contributed by atoms with E-state index in [1.165, 1.54) is 0 Å². The molecule has 0 atom stereocenters. The Kier molecular flexibility index (Phi) is 3.72. The fourth-order valence-corrected chi connectivity index (χ4v) is 1.66. The molecule has 0 bridgehead atoms. The van der Waals surface area contributed by atoms with E-state index in [0.717, 1.165) is 25.6 Å². The van der Waals surface area contributed by atoms with E-state index >= 15 is 0 Å². The number of amides is 1. The normalized spacial score (nSPS) is 18.8. The Morgan fingerprint density at radius 2 is 2.15 bits per heavy atom. The van der Waals surface area contributed by atoms with E-state index in [1.54, 1.807) is 0 Å². The minimum absolute atomic E-state index is 0.175. The van der Waals surface area contributed by atoms with E-state index in [-0.39, 0.29) is 5.91 Å². The zero-order chi connectivity index (χ0) is 9.84. The van der Waals surface area contributed by atoms with E-state index in [9.17, 15) is 4.79 Å². The number of likely N-dealkylation sites (tertiary alicyclic amines) is 1. The second-order valence-corrected chi connectivity index (χ2v) is 4.23. The van der Waals surface area contributed by atoms with E-state index in [0.29, 0.717) is 12.5 Å². The first-order valence-corrected chi connectivity index (χ1v) is 5.13. The highest BCUT2D eigenvalue weighted by Crippen LogP contribution is 2.10. The number of hydrogen-bond donors (Lipinski definition) is 1. The van der Waals surface area contributed by atoms with Gasteiger partial charge in [-0.3, -0.25) is 9.69 Å². The first kappa shape index (κ1) is 10.5. The predicted octanol–water partition coefficient (Wildman–Crippen LogP) is 0.853. The predicted molar refractivity (Wildman–Crippen MR) is 53.5 cm³/mol. The van der Waals surface area contributed by atoms with Crippen LogP contribution < -0.4 is 5.32 Å². The van der Waals surface area contributed by atoms with Crippen LogP contribution in [0.3, 0.4) is 0 Å². The van der Waals surface area contributed by atoms with E-state index < -0.39 is 0 Å². The highest BCUT2D eigenvalue weighted by Gasteiger charge is 2.27. The Morgan fingerprint density at radius 1 is 1.54 bits per heavy atom. The molecule has 0 spiro atoms. The van der Waals surface area contributed by atoms with Gasteiger partial charge in [-0.05, 0) is 5.92 Å². The minimum atomic E-state index is 0.175. The van der Waals surface area contributed by atoms with Crippen molar-refractivity contribution in [1.29, 1.82) is 0 Å². The number of nitrogens with zero attached hydrogens (tertiary/aromatic N) is 1. The molecule has 1 amide bonds. The molecule has 76 valence electrons. The summed E-state index contributed by atoms with van der Waals surface area (Å²) in [5.74, 6) is 0.900. The summed E-state index contributed by atoms with van der Waals surface area (Å²) in [6.07, 6.45) is 0.598. The fourth-order valence-electron chi connectivity index (χ4n) is 1.66. The van der Waals surface area contributed by atoms with Crippen molar-refractivity contribution in [2.24, 2.45) is 5.92 Å². The monoisotopic (exact) mass is 184 g/mol. The van der Waals surface area contributed by atoms with Crippen molar-refractivity contribution >= 4 is 5.91 Å². The molecule has 1 saturated heterocycles. The van der Waals surface area contributed by atoms with Crippen molar-refractivity contribution in [3.8, 4) is 0 Å². The lowest BCUT2D eigenvalue weighted by atomic mass is 10.1. The van der Waals surface area contributed by atoms with Crippen LogP contribution in [0, 0.1) is 5.92 Å². The molecule has 0 aliphatic carbocycles. The molecule has 0 aromatic carbocycles. The number of hydrogen-bond acceptors (Lipinski definition) is 2. The molecular weight excluding hydrogens is 164 g/mol. The van der Waals surface area contributed by atoms with Crippen LogP contribution in [0.5, 0.6) is 0 Å². The van der Waals surface area contributed by atoms with Crippen LogP contribution in [0.1, 0.15) is 27.2 Å². The average Bonchev–Trinajstić information content (AvgIpc) is 1.99. The second kappa shape index (κ2) is 4.61. The first-order valence-electron chi connectivity index (χ1n) is 5.13. The highest BCUT2D eigenvalue weighted by molar-refractivity contribution is 5.76. The first-order chi connectivity index (χ1) is 6.11. The maximum atomic E-state index is 11.0. The lowest BCUT2D eigenvalue weighted by Gasteiger charge is -2.40. The summed E-state index contributed by atoms with van der Waals surface area (Å²) >= 11 is 0. The Labute approximate surface area is 80.5 Å². The van der Waals surface area contributed by atoms with Crippen LogP contribution in [-0.2, 0) is 4.79 Å². The Bertz CT molecular complexity index is 174. The molecule has 1 aliphatic heterocycles. The fraction of sp³-hybridized carbons (Fsp3) is 0.900. The summed E-state index contributed by atoms with van der Waals surface area (Å²) in [4.78, 5) is 13.4. The Hall–Kier alpha value is -0.570. The number of rotatable bonds is 4. The molecule has 0 saturated carbocycles. The van der Waals surface area contributed by atoms with Crippen LogP contribution >= 0.6 is 0 Å². The van der Waals surface area contributed by atoms with Gasteiger partial charge in [0.25, 0.3) is 0 Å². The third kappa shape index (κ3) is 3.35. The van der Waals surface area contributed by atoms with Gasteiger partial charge in [0.15, 0.2) is 0 Å². The van der Waals surface area contributed by atoms with Gasteiger partial charge in [0.05, 0.1) is 6.04 Å². The second-order valence-electron chi connectivity index (χ2n) is 4.23. The molecule has 1 rings (SSSR count). The van der Waals surface area contributed by atoms with E-state index in [2.05, 4.69) is 24.1 Å². The number of carbonyl (C=O) groups excluding carboxylic acids is 1. The molecule has 3 heteroatoms. The zero-order valence-electron chi connectivity index (χ0n) is 8.84. The van der Waals surface area contributed by atoms with Gasteiger partial charge in [-0.1, -0.05) is 20.8 Å². The van der Waals surface area contributed by atoms with Crippen molar-refractivity contribution in [3.63, 3.8) is 0 Å². The third-order valence-electron chi connectivity index (χ3n) is 2.27. The van der Waals surface area contributed by atoms with Crippen LogP contribution in [-0.4, -0.2) is 36.5 Å². The van der Waals surface area contributed by atoms with Gasteiger partial charge in [-0.2, -0.15) is 0 Å². The highest BCUT2D eigenvalue weighted by atomic mass is 16.1. The van der Waals surface area contributed by atoms with E-state index in [4.69, 9.17) is 0 Å². The van der Waals surface area contributed by atoms with Gasteiger partial charge in [0.1, 0.15) is 0 Å². The molecule has 1 fully saturated rings. The van der Waals surface area contributed by atoms with Crippen molar-refractivity contribution in [2.45, 2.75) is 33.2 Å². The van der Waals surface area contributed by atoms with Gasteiger partial charge in [-0.25, -0.2) is 0 Å². The molecule has 0 unspecified atom stereocenters. The lowest BCUT2D eigenvalue weighted by molar-refractivity contribution is -0.122. The molecular formula is C10H20N2O. The summed E-state index contributed by atoms with van der Waals surface area (Å²) in [7, 11) is 0. The van der Waals surface area contributed by atoms with Gasteiger partial charge >= 0.3 is 0 Å². The number of nitrogens with one attached hydrogen (secondary N) is 1. The quantitative estimate of drug-likeness (QED) is 0.702. The molecule has 0 radical (unpaired) electrons. The van der Waals surface area contributed by atoms with E-state index in [1.807, 2.05) is 6.92 Å². The summed E-state index contributed by atoms with van der Waals surface area (Å²) in [5, 5.41) is 2.99. The van der Waals surface area contributed by atoms with Crippen molar-refractivity contribution in [3.05, 3.63) is 0 Å². The Morgan fingerprint density at radius 3 is 2.62 bits per heavy atom. The molecule has 1 N–H and O–H groups in total. The van der Waals surface area contributed by atoms with Gasteiger partial charge in [-0.15, -0.1) is 0 Å². The maximum absolute atomic E-state index is 11.0. The van der Waals surface area contributed by atoms with Crippen molar-refractivity contribution in [1.82, 2.24) is 10.2 Å². The smallest absolute Gasteiger partial charge is 0.220 e. The molecule has 0 aromatic heterocycles. The zero-order valence-corrected chi connectivity index (χ0v) is 8.84. The summed E-state index contributed by atoms with van der Waals surface area (Å²) in [5.41, 5.74) is 0. The van der Waals surface area contributed by atoms with Crippen LogP contribution in [0.25, 0.3) is 0 Å². The van der Waals surface area contributed by atoms with Crippen LogP contribution in [0.4, 0.5) is 0 Å². The molecule has 0 aromatic rings. The minimum Gasteiger partial charge on any atom is -0.351 e. The van der Waals surface area contributed by atoms with Crippen LogP contribution in [0.15, 0.2) is 0 Å². The maximum Gasteiger partial charge on any atom is 0.220 e. The largest absolute Gasteiger partial charge is 0.351 e. The molecule has 13 heavy (non-hydrogen) atoms. The van der Waals surface area contributed by atoms with Crippen molar-refractivity contribution in [2.75, 3.05) is 19.6 Å². The third-order valence-corrected chi connectivity index (χ3v) is 2.27. The molecule has 1 heterocycles.